The Morgan fingerprint density at radius 1 is 1.03 bits per heavy atom. The number of methoxy groups -OCH3 is 1. The molecule has 190 valence electrons. The summed E-state index contributed by atoms with van der Waals surface area (Å²) in [4.78, 5) is 22.3. The SMILES string of the molecule is CCN(CC)CCN(C(=O)CCCS(=O)(=O)c1ccc(OC)cc1)c1nc2cc(C)c(C)cc2s1. The van der Waals surface area contributed by atoms with Crippen LogP contribution in [0.15, 0.2) is 41.3 Å². The minimum Gasteiger partial charge on any atom is -0.497 e. The van der Waals surface area contributed by atoms with Crippen molar-refractivity contribution >= 4 is 42.4 Å². The van der Waals surface area contributed by atoms with Gasteiger partial charge in [-0.1, -0.05) is 25.2 Å². The number of amides is 1. The highest BCUT2D eigenvalue weighted by atomic mass is 32.2. The van der Waals surface area contributed by atoms with E-state index in [2.05, 4.69) is 44.7 Å². The van der Waals surface area contributed by atoms with Gasteiger partial charge in [0.15, 0.2) is 15.0 Å². The first kappa shape index (κ1) is 27.1. The van der Waals surface area contributed by atoms with Crippen LogP contribution in [0.4, 0.5) is 5.13 Å². The summed E-state index contributed by atoms with van der Waals surface area (Å²) in [6, 6.07) is 10.5. The molecule has 0 bridgehead atoms. The molecule has 0 aliphatic rings. The highest BCUT2D eigenvalue weighted by Gasteiger charge is 2.22. The van der Waals surface area contributed by atoms with Gasteiger partial charge in [-0.2, -0.15) is 0 Å². The first-order valence-corrected chi connectivity index (χ1v) is 14.4. The number of likely N-dealkylation sites (N-methyl/N-ethyl adjacent to an activating group) is 1. The molecule has 1 aromatic heterocycles. The Hall–Kier alpha value is -2.49. The van der Waals surface area contributed by atoms with E-state index in [-0.39, 0.29) is 29.4 Å². The lowest BCUT2D eigenvalue weighted by atomic mass is 10.1. The molecule has 7 nitrogen and oxygen atoms in total. The van der Waals surface area contributed by atoms with E-state index in [9.17, 15) is 13.2 Å². The molecule has 0 fully saturated rings. The van der Waals surface area contributed by atoms with Crippen LogP contribution in [0.5, 0.6) is 5.75 Å². The Bertz CT molecular complexity index is 1210. The molecule has 1 amide bonds. The molecule has 0 aliphatic carbocycles. The molecule has 3 rings (SSSR count). The van der Waals surface area contributed by atoms with Gasteiger partial charge in [-0.05, 0) is 80.9 Å². The highest BCUT2D eigenvalue weighted by Crippen LogP contribution is 2.31. The summed E-state index contributed by atoms with van der Waals surface area (Å²) in [5, 5.41) is 0.667. The van der Waals surface area contributed by atoms with Crippen molar-refractivity contribution in [3.05, 3.63) is 47.5 Å². The van der Waals surface area contributed by atoms with Crippen molar-refractivity contribution in [2.24, 2.45) is 0 Å². The number of hydrogen-bond donors (Lipinski definition) is 0. The fraction of sp³-hybridized carbons (Fsp3) is 0.462. The van der Waals surface area contributed by atoms with Crippen LogP contribution in [0, 0.1) is 13.8 Å². The number of nitrogens with zero attached hydrogens (tertiary/aromatic N) is 3. The Balaban J connectivity index is 1.74. The number of rotatable bonds is 12. The quantitative estimate of drug-likeness (QED) is 0.342. The van der Waals surface area contributed by atoms with Crippen LogP contribution in [0.2, 0.25) is 0 Å². The summed E-state index contributed by atoms with van der Waals surface area (Å²) in [7, 11) is -1.95. The molecule has 9 heteroatoms. The first-order valence-electron chi connectivity index (χ1n) is 12.0. The monoisotopic (exact) mass is 517 g/mol. The summed E-state index contributed by atoms with van der Waals surface area (Å²) in [6.07, 6.45) is 0.389. The number of carbonyl (C=O) groups is 1. The maximum absolute atomic E-state index is 13.3. The van der Waals surface area contributed by atoms with Gasteiger partial charge < -0.3 is 9.64 Å². The van der Waals surface area contributed by atoms with Crippen molar-refractivity contribution in [3.63, 3.8) is 0 Å². The minimum atomic E-state index is -3.48. The Morgan fingerprint density at radius 3 is 2.31 bits per heavy atom. The van der Waals surface area contributed by atoms with Gasteiger partial charge >= 0.3 is 0 Å². The second-order valence-electron chi connectivity index (χ2n) is 8.57. The van der Waals surface area contributed by atoms with Gasteiger partial charge in [-0.3, -0.25) is 9.69 Å². The zero-order valence-corrected chi connectivity index (χ0v) is 22.8. The van der Waals surface area contributed by atoms with Crippen LogP contribution >= 0.6 is 11.3 Å². The van der Waals surface area contributed by atoms with E-state index in [1.807, 2.05) is 0 Å². The number of thiazole rings is 1. The Labute approximate surface area is 212 Å². The molecular weight excluding hydrogens is 482 g/mol. The number of aryl methyl sites for hydroxylation is 2. The molecule has 0 saturated heterocycles. The van der Waals surface area contributed by atoms with Crippen molar-refractivity contribution in [1.29, 1.82) is 0 Å². The Kier molecular flexibility index (Phi) is 9.27. The highest BCUT2D eigenvalue weighted by molar-refractivity contribution is 7.91. The van der Waals surface area contributed by atoms with Gasteiger partial charge in [0.2, 0.25) is 5.91 Å². The van der Waals surface area contributed by atoms with Crippen LogP contribution in [0.1, 0.15) is 37.8 Å². The summed E-state index contributed by atoms with van der Waals surface area (Å²) in [5.74, 6) is 0.409. The molecule has 3 aromatic rings. The molecule has 0 atom stereocenters. The zero-order valence-electron chi connectivity index (χ0n) is 21.2. The maximum Gasteiger partial charge on any atom is 0.228 e. The number of hydrogen-bond acceptors (Lipinski definition) is 7. The molecule has 0 spiro atoms. The summed E-state index contributed by atoms with van der Waals surface area (Å²) in [6.45, 7) is 11.4. The van der Waals surface area contributed by atoms with E-state index in [1.54, 1.807) is 17.0 Å². The fourth-order valence-corrected chi connectivity index (χ4v) is 6.24. The standard InChI is InChI=1S/C26H35N3O4S2/c1-6-28(7-2)14-15-29(26-27-23-17-19(3)20(4)18-24(23)34-26)25(30)9-8-16-35(31,32)22-12-10-21(33-5)11-13-22/h10-13,17-18H,6-9,14-16H2,1-5H3. The summed E-state index contributed by atoms with van der Waals surface area (Å²) >= 11 is 1.51. The minimum absolute atomic E-state index is 0.0901. The Morgan fingerprint density at radius 2 is 1.69 bits per heavy atom. The number of fused-ring (bicyclic) bond motifs is 1. The molecule has 0 unspecified atom stereocenters. The smallest absolute Gasteiger partial charge is 0.228 e. The van der Waals surface area contributed by atoms with E-state index in [0.717, 1.165) is 29.9 Å². The van der Waals surface area contributed by atoms with Crippen LogP contribution in [-0.2, 0) is 14.6 Å². The van der Waals surface area contributed by atoms with Crippen molar-refractivity contribution in [2.75, 3.05) is 43.9 Å². The van der Waals surface area contributed by atoms with Gasteiger partial charge in [0.05, 0.1) is 28.0 Å². The van der Waals surface area contributed by atoms with Crippen molar-refractivity contribution in [1.82, 2.24) is 9.88 Å². The maximum atomic E-state index is 13.3. The van der Waals surface area contributed by atoms with Gasteiger partial charge in [0, 0.05) is 19.5 Å². The molecule has 0 N–H and O–H groups in total. The molecule has 0 radical (unpaired) electrons. The number of sulfone groups is 1. The van der Waals surface area contributed by atoms with Gasteiger partial charge in [0.25, 0.3) is 0 Å². The lowest BCUT2D eigenvalue weighted by Gasteiger charge is -2.24. The predicted molar refractivity (Wildman–Crippen MR) is 144 cm³/mol. The second-order valence-corrected chi connectivity index (χ2v) is 11.7. The van der Waals surface area contributed by atoms with Gasteiger partial charge in [0.1, 0.15) is 5.75 Å². The van der Waals surface area contributed by atoms with Crippen LogP contribution in [-0.4, -0.2) is 63.3 Å². The predicted octanol–water partition coefficient (Wildman–Crippen LogP) is 4.85. The molecule has 1 heterocycles. The van der Waals surface area contributed by atoms with Crippen LogP contribution in [0.25, 0.3) is 10.2 Å². The summed E-state index contributed by atoms with van der Waals surface area (Å²) < 4.78 is 31.6. The third-order valence-corrected chi connectivity index (χ3v) is 9.14. The van der Waals surface area contributed by atoms with Crippen LogP contribution < -0.4 is 9.64 Å². The third-order valence-electron chi connectivity index (χ3n) is 6.28. The topological polar surface area (TPSA) is 79.8 Å². The lowest BCUT2D eigenvalue weighted by Crippen LogP contribution is -2.38. The second kappa shape index (κ2) is 12.0. The van der Waals surface area contributed by atoms with Crippen molar-refractivity contribution < 1.29 is 17.9 Å². The lowest BCUT2D eigenvalue weighted by molar-refractivity contribution is -0.118. The third kappa shape index (κ3) is 6.80. The van der Waals surface area contributed by atoms with E-state index in [4.69, 9.17) is 9.72 Å². The number of aromatic nitrogens is 1. The average molecular weight is 518 g/mol. The zero-order chi connectivity index (χ0) is 25.6. The molecular formula is C26H35N3O4S2. The van der Waals surface area contributed by atoms with Gasteiger partial charge in [-0.15, -0.1) is 0 Å². The van der Waals surface area contributed by atoms with Crippen molar-refractivity contribution in [2.45, 2.75) is 45.4 Å². The van der Waals surface area contributed by atoms with E-state index in [1.165, 1.54) is 41.7 Å². The summed E-state index contributed by atoms with van der Waals surface area (Å²) in [5.41, 5.74) is 3.24. The van der Waals surface area contributed by atoms with E-state index >= 15 is 0 Å². The number of anilines is 1. The first-order chi connectivity index (χ1) is 16.7. The van der Waals surface area contributed by atoms with E-state index in [0.29, 0.717) is 17.4 Å². The molecule has 0 aliphatic heterocycles. The van der Waals surface area contributed by atoms with Crippen LogP contribution in [0.3, 0.4) is 0 Å². The van der Waals surface area contributed by atoms with Gasteiger partial charge in [-0.25, -0.2) is 13.4 Å². The number of benzene rings is 2. The van der Waals surface area contributed by atoms with E-state index < -0.39 is 9.84 Å². The number of carbonyl (C=O) groups excluding carboxylic acids is 1. The molecule has 35 heavy (non-hydrogen) atoms. The normalized spacial score (nSPS) is 11.8. The number of ether oxygens (including phenoxy) is 1. The fourth-order valence-electron chi connectivity index (χ4n) is 3.84. The molecule has 0 saturated carbocycles. The average Bonchev–Trinajstić information content (AvgIpc) is 3.24. The largest absolute Gasteiger partial charge is 0.497 e. The van der Waals surface area contributed by atoms with Crippen molar-refractivity contribution in [3.8, 4) is 5.75 Å². The molecule has 2 aromatic carbocycles.